The van der Waals surface area contributed by atoms with Gasteiger partial charge in [-0.25, -0.2) is 4.39 Å². The number of hydrogen-bond donors (Lipinski definition) is 2. The van der Waals surface area contributed by atoms with Gasteiger partial charge in [0.15, 0.2) is 0 Å². The zero-order valence-electron chi connectivity index (χ0n) is 21.0. The number of carbonyl (C=O) groups is 1. The van der Waals surface area contributed by atoms with Crippen molar-refractivity contribution in [1.82, 2.24) is 0 Å². The van der Waals surface area contributed by atoms with E-state index < -0.39 is 0 Å². The monoisotopic (exact) mass is 492 g/mol. The molecule has 190 valence electrons. The van der Waals surface area contributed by atoms with E-state index in [1.54, 1.807) is 31.4 Å². The van der Waals surface area contributed by atoms with Crippen molar-refractivity contribution in [3.63, 3.8) is 0 Å². The summed E-state index contributed by atoms with van der Waals surface area (Å²) in [6.45, 7) is 6.73. The fourth-order valence-corrected chi connectivity index (χ4v) is 3.91. The van der Waals surface area contributed by atoms with Crippen LogP contribution in [0.2, 0.25) is 0 Å². The van der Waals surface area contributed by atoms with Gasteiger partial charge in [-0.3, -0.25) is 4.79 Å². The molecule has 3 aromatic carbocycles. The van der Waals surface area contributed by atoms with E-state index in [-0.39, 0.29) is 31.4 Å². The maximum Gasteiger partial charge on any atom is 0.310 e. The predicted molar refractivity (Wildman–Crippen MR) is 140 cm³/mol. The lowest BCUT2D eigenvalue weighted by molar-refractivity contribution is -0.142. The summed E-state index contributed by atoms with van der Waals surface area (Å²) in [6.07, 6.45) is 1.67. The maximum atomic E-state index is 15.1. The summed E-state index contributed by atoms with van der Waals surface area (Å²) in [6, 6.07) is 16.3. The minimum Gasteiger partial charge on any atom is -0.489 e. The number of rotatable bonds is 9. The summed E-state index contributed by atoms with van der Waals surface area (Å²) in [5.41, 5.74) is 16.0. The van der Waals surface area contributed by atoms with Crippen molar-refractivity contribution in [3.8, 4) is 16.9 Å². The molecular formula is C29H33FN2O4. The van der Waals surface area contributed by atoms with Crippen LogP contribution in [0.1, 0.15) is 43.0 Å². The molecule has 4 N–H and O–H groups in total. The third kappa shape index (κ3) is 6.11. The molecule has 0 saturated heterocycles. The average Bonchev–Trinajstić information content (AvgIpc) is 3.38. The van der Waals surface area contributed by atoms with Crippen molar-refractivity contribution in [3.05, 3.63) is 88.9 Å². The number of nitrogens with two attached hydrogens (primary N) is 2. The van der Waals surface area contributed by atoms with E-state index in [9.17, 15) is 4.79 Å². The van der Waals surface area contributed by atoms with Crippen molar-refractivity contribution < 1.29 is 23.1 Å². The van der Waals surface area contributed by atoms with E-state index in [2.05, 4.69) is 0 Å². The molecule has 0 amide bonds. The summed E-state index contributed by atoms with van der Waals surface area (Å²) in [4.78, 5) is 12.0. The Morgan fingerprint density at radius 2 is 1.75 bits per heavy atom. The van der Waals surface area contributed by atoms with E-state index in [0.717, 1.165) is 16.5 Å². The molecule has 0 fully saturated rings. The van der Waals surface area contributed by atoms with Gasteiger partial charge in [0.25, 0.3) is 0 Å². The molecule has 0 aliphatic carbocycles. The lowest BCUT2D eigenvalue weighted by Gasteiger charge is -2.14. The van der Waals surface area contributed by atoms with Crippen LogP contribution < -0.4 is 16.2 Å². The largest absolute Gasteiger partial charge is 0.489 e. The minimum atomic E-state index is -0.367. The molecule has 6 nitrogen and oxygen atoms in total. The molecule has 0 unspecified atom stereocenters. The van der Waals surface area contributed by atoms with E-state index in [0.29, 0.717) is 46.7 Å². The van der Waals surface area contributed by atoms with Crippen LogP contribution in [0.25, 0.3) is 22.1 Å². The van der Waals surface area contributed by atoms with Gasteiger partial charge in [0, 0.05) is 40.7 Å². The first-order chi connectivity index (χ1) is 17.5. The first-order valence-electron chi connectivity index (χ1n) is 12.1. The van der Waals surface area contributed by atoms with Crippen LogP contribution in [0.3, 0.4) is 0 Å². The number of benzene rings is 3. The molecule has 0 saturated carbocycles. The van der Waals surface area contributed by atoms with Gasteiger partial charge in [0.1, 0.15) is 23.8 Å². The van der Waals surface area contributed by atoms with Gasteiger partial charge in [-0.15, -0.1) is 0 Å². The van der Waals surface area contributed by atoms with Crippen LogP contribution in [0.15, 0.2) is 65.3 Å². The van der Waals surface area contributed by atoms with Crippen LogP contribution in [-0.2, 0) is 35.6 Å². The summed E-state index contributed by atoms with van der Waals surface area (Å²) in [5, 5.41) is 0.830. The predicted octanol–water partition coefficient (Wildman–Crippen LogP) is 5.87. The SMILES string of the molecule is CC.CCOC(=O)Cc1ccc(CN)cc1OCc1cc(-c2cccc(CN)c2F)c2occc2c1. The Hall–Kier alpha value is -3.68. The first kappa shape index (κ1) is 26.9. The van der Waals surface area contributed by atoms with Gasteiger partial charge < -0.3 is 25.4 Å². The van der Waals surface area contributed by atoms with Crippen LogP contribution in [0.5, 0.6) is 5.75 Å². The van der Waals surface area contributed by atoms with Gasteiger partial charge in [0.05, 0.1) is 19.3 Å². The van der Waals surface area contributed by atoms with Crippen molar-refractivity contribution in [2.24, 2.45) is 11.5 Å². The van der Waals surface area contributed by atoms with Gasteiger partial charge in [-0.1, -0.05) is 44.2 Å². The third-order valence-electron chi connectivity index (χ3n) is 5.60. The van der Waals surface area contributed by atoms with Gasteiger partial charge in [-0.2, -0.15) is 0 Å². The molecule has 4 aromatic rings. The summed E-state index contributed by atoms with van der Waals surface area (Å²) in [7, 11) is 0. The quantitative estimate of drug-likeness (QED) is 0.284. The molecule has 7 heteroatoms. The molecule has 0 radical (unpaired) electrons. The molecule has 0 aliphatic rings. The molecule has 0 bridgehead atoms. The Labute approximate surface area is 211 Å². The number of hydrogen-bond acceptors (Lipinski definition) is 6. The van der Waals surface area contributed by atoms with Crippen molar-refractivity contribution in [2.75, 3.05) is 6.61 Å². The topological polar surface area (TPSA) is 101 Å². The molecule has 1 aromatic heterocycles. The Balaban J connectivity index is 0.00000176. The van der Waals surface area contributed by atoms with E-state index in [1.165, 1.54) is 0 Å². The minimum absolute atomic E-state index is 0.0944. The molecule has 0 aliphatic heterocycles. The number of ether oxygens (including phenoxy) is 2. The number of esters is 1. The summed E-state index contributed by atoms with van der Waals surface area (Å²) >= 11 is 0. The molecular weight excluding hydrogens is 459 g/mol. The first-order valence-corrected chi connectivity index (χ1v) is 12.1. The Kier molecular flexibility index (Phi) is 9.61. The fraction of sp³-hybridized carbons (Fsp3) is 0.276. The Morgan fingerprint density at radius 3 is 2.47 bits per heavy atom. The lowest BCUT2D eigenvalue weighted by atomic mass is 9.98. The highest BCUT2D eigenvalue weighted by Crippen LogP contribution is 2.34. The zero-order chi connectivity index (χ0) is 26.1. The molecule has 0 spiro atoms. The molecule has 36 heavy (non-hydrogen) atoms. The summed E-state index contributed by atoms with van der Waals surface area (Å²) < 4.78 is 32.0. The highest BCUT2D eigenvalue weighted by molar-refractivity contribution is 5.93. The van der Waals surface area contributed by atoms with Crippen LogP contribution >= 0.6 is 0 Å². The lowest BCUT2D eigenvalue weighted by Crippen LogP contribution is -2.10. The second-order valence-corrected chi connectivity index (χ2v) is 7.88. The molecule has 0 atom stereocenters. The van der Waals surface area contributed by atoms with Crippen LogP contribution in [-0.4, -0.2) is 12.6 Å². The van der Waals surface area contributed by atoms with Crippen molar-refractivity contribution in [1.29, 1.82) is 0 Å². The standard InChI is InChI=1S/C27H27FN2O4.C2H6/c1-2-32-25(31)13-19-7-6-17(14-29)12-24(19)34-16-18-10-20-8-9-33-27(20)23(11-18)22-5-3-4-21(15-30)26(22)28;1-2/h3-12H,2,13-16,29-30H2,1H3;1-2H3. The summed E-state index contributed by atoms with van der Waals surface area (Å²) in [5.74, 6) is -0.139. The molecule has 4 rings (SSSR count). The van der Waals surface area contributed by atoms with Gasteiger partial charge in [-0.05, 0) is 42.3 Å². The van der Waals surface area contributed by atoms with Gasteiger partial charge in [0.2, 0.25) is 0 Å². The number of furan rings is 1. The Bertz CT molecular complexity index is 1320. The smallest absolute Gasteiger partial charge is 0.310 e. The molecule has 1 heterocycles. The third-order valence-corrected chi connectivity index (χ3v) is 5.60. The van der Waals surface area contributed by atoms with E-state index in [4.69, 9.17) is 25.4 Å². The van der Waals surface area contributed by atoms with Crippen LogP contribution in [0, 0.1) is 5.82 Å². The van der Waals surface area contributed by atoms with Gasteiger partial charge >= 0.3 is 5.97 Å². The Morgan fingerprint density at radius 1 is 0.944 bits per heavy atom. The van der Waals surface area contributed by atoms with Crippen LogP contribution in [0.4, 0.5) is 4.39 Å². The second-order valence-electron chi connectivity index (χ2n) is 7.88. The average molecular weight is 493 g/mol. The number of halogens is 1. The number of fused-ring (bicyclic) bond motifs is 1. The zero-order valence-corrected chi connectivity index (χ0v) is 21.0. The fourth-order valence-electron chi connectivity index (χ4n) is 3.91. The normalized spacial score (nSPS) is 10.6. The highest BCUT2D eigenvalue weighted by atomic mass is 19.1. The second kappa shape index (κ2) is 12.9. The van der Waals surface area contributed by atoms with E-state index in [1.807, 2.05) is 50.2 Å². The van der Waals surface area contributed by atoms with E-state index >= 15 is 4.39 Å². The van der Waals surface area contributed by atoms with Crippen molar-refractivity contribution >= 4 is 16.9 Å². The number of carbonyl (C=O) groups excluding carboxylic acids is 1. The maximum absolute atomic E-state index is 15.1. The van der Waals surface area contributed by atoms with Crippen molar-refractivity contribution in [2.45, 2.75) is 46.9 Å². The highest BCUT2D eigenvalue weighted by Gasteiger charge is 2.16.